The molecule has 0 spiro atoms. The largest absolute Gasteiger partial charge is 0.469 e. The van der Waals surface area contributed by atoms with Gasteiger partial charge in [0, 0.05) is 19.2 Å². The van der Waals surface area contributed by atoms with Crippen molar-refractivity contribution < 1.29 is 9.53 Å². The lowest BCUT2D eigenvalue weighted by Gasteiger charge is -2.04. The summed E-state index contributed by atoms with van der Waals surface area (Å²) < 4.78 is 6.59. The number of methoxy groups -OCH3 is 1. The van der Waals surface area contributed by atoms with Crippen molar-refractivity contribution in [1.82, 2.24) is 9.55 Å². The SMILES string of the molecule is CCc1nc(C)cn1CCC(=O)OC. The van der Waals surface area contributed by atoms with Crippen LogP contribution < -0.4 is 0 Å². The van der Waals surface area contributed by atoms with E-state index < -0.39 is 0 Å². The Morgan fingerprint density at radius 2 is 2.36 bits per heavy atom. The zero-order chi connectivity index (χ0) is 10.6. The summed E-state index contributed by atoms with van der Waals surface area (Å²) in [5.41, 5.74) is 0.992. The predicted molar refractivity (Wildman–Crippen MR) is 53.0 cm³/mol. The van der Waals surface area contributed by atoms with Crippen molar-refractivity contribution >= 4 is 5.97 Å². The zero-order valence-corrected chi connectivity index (χ0v) is 8.91. The number of esters is 1. The molecule has 1 rings (SSSR count). The van der Waals surface area contributed by atoms with Crippen molar-refractivity contribution in [3.8, 4) is 0 Å². The number of hydrogen-bond donors (Lipinski definition) is 0. The number of imidazole rings is 1. The highest BCUT2D eigenvalue weighted by atomic mass is 16.5. The molecular weight excluding hydrogens is 180 g/mol. The van der Waals surface area contributed by atoms with E-state index in [0.717, 1.165) is 17.9 Å². The van der Waals surface area contributed by atoms with E-state index in [-0.39, 0.29) is 5.97 Å². The number of ether oxygens (including phenoxy) is 1. The summed E-state index contributed by atoms with van der Waals surface area (Å²) in [5, 5.41) is 0. The monoisotopic (exact) mass is 196 g/mol. The predicted octanol–water partition coefficient (Wildman–Crippen LogP) is 1.32. The molecule has 4 nitrogen and oxygen atoms in total. The van der Waals surface area contributed by atoms with Crippen LogP contribution in [0, 0.1) is 6.92 Å². The molecule has 4 heteroatoms. The normalized spacial score (nSPS) is 10.2. The number of rotatable bonds is 4. The first-order valence-corrected chi connectivity index (χ1v) is 4.76. The summed E-state index contributed by atoms with van der Waals surface area (Å²) in [4.78, 5) is 15.3. The average molecular weight is 196 g/mol. The summed E-state index contributed by atoms with van der Waals surface area (Å²) in [6, 6.07) is 0. The molecular formula is C10H16N2O2. The highest BCUT2D eigenvalue weighted by Gasteiger charge is 2.05. The number of hydrogen-bond acceptors (Lipinski definition) is 3. The first kappa shape index (κ1) is 10.8. The van der Waals surface area contributed by atoms with E-state index in [4.69, 9.17) is 0 Å². The second-order valence-corrected chi connectivity index (χ2v) is 3.17. The fourth-order valence-corrected chi connectivity index (χ4v) is 1.39. The molecule has 0 aliphatic carbocycles. The Balaban J connectivity index is 2.61. The number of carbonyl (C=O) groups is 1. The maximum absolute atomic E-state index is 10.9. The zero-order valence-electron chi connectivity index (χ0n) is 8.91. The number of carbonyl (C=O) groups excluding carboxylic acids is 1. The minimum Gasteiger partial charge on any atom is -0.469 e. The maximum Gasteiger partial charge on any atom is 0.307 e. The third-order valence-electron chi connectivity index (χ3n) is 2.08. The van der Waals surface area contributed by atoms with Crippen LogP contribution in [0.5, 0.6) is 0 Å². The highest BCUT2D eigenvalue weighted by Crippen LogP contribution is 2.04. The van der Waals surface area contributed by atoms with E-state index in [0.29, 0.717) is 13.0 Å². The summed E-state index contributed by atoms with van der Waals surface area (Å²) in [6.45, 7) is 4.65. The Bertz CT molecular complexity index is 318. The molecule has 0 bridgehead atoms. The standard InChI is InChI=1S/C10H16N2O2/c1-4-9-11-8(2)7-12(9)6-5-10(13)14-3/h7H,4-6H2,1-3H3. The van der Waals surface area contributed by atoms with Crippen LogP contribution in [0.15, 0.2) is 6.20 Å². The van der Waals surface area contributed by atoms with Gasteiger partial charge in [-0.2, -0.15) is 0 Å². The summed E-state index contributed by atoms with van der Waals surface area (Å²) >= 11 is 0. The van der Waals surface area contributed by atoms with Crippen LogP contribution >= 0.6 is 0 Å². The van der Waals surface area contributed by atoms with Crippen molar-refractivity contribution in [3.05, 3.63) is 17.7 Å². The molecule has 0 saturated carbocycles. The number of nitrogens with zero attached hydrogens (tertiary/aromatic N) is 2. The maximum atomic E-state index is 10.9. The molecule has 0 aromatic carbocycles. The van der Waals surface area contributed by atoms with Crippen molar-refractivity contribution in [1.29, 1.82) is 0 Å². The third-order valence-corrected chi connectivity index (χ3v) is 2.08. The van der Waals surface area contributed by atoms with Crippen LogP contribution in [0.3, 0.4) is 0 Å². The molecule has 14 heavy (non-hydrogen) atoms. The van der Waals surface area contributed by atoms with Crippen molar-refractivity contribution in [2.75, 3.05) is 7.11 Å². The lowest BCUT2D eigenvalue weighted by Crippen LogP contribution is -2.08. The van der Waals surface area contributed by atoms with Crippen LogP contribution in [-0.4, -0.2) is 22.6 Å². The molecule has 0 fully saturated rings. The quantitative estimate of drug-likeness (QED) is 0.682. The van der Waals surface area contributed by atoms with Crippen LogP contribution in [0.25, 0.3) is 0 Å². The lowest BCUT2D eigenvalue weighted by atomic mass is 10.4. The Morgan fingerprint density at radius 3 is 2.93 bits per heavy atom. The Hall–Kier alpha value is -1.32. The number of aryl methyl sites for hydroxylation is 3. The molecule has 0 amide bonds. The van der Waals surface area contributed by atoms with E-state index in [1.54, 1.807) is 0 Å². The van der Waals surface area contributed by atoms with Crippen molar-refractivity contribution in [2.24, 2.45) is 0 Å². The van der Waals surface area contributed by atoms with Gasteiger partial charge in [-0.1, -0.05) is 6.92 Å². The molecule has 0 aliphatic heterocycles. The summed E-state index contributed by atoms with van der Waals surface area (Å²) in [7, 11) is 1.40. The summed E-state index contributed by atoms with van der Waals surface area (Å²) in [5.74, 6) is 0.838. The fraction of sp³-hybridized carbons (Fsp3) is 0.600. The third kappa shape index (κ3) is 2.58. The van der Waals surface area contributed by atoms with Gasteiger partial charge >= 0.3 is 5.97 Å². The Labute approximate surface area is 83.9 Å². The molecule has 0 unspecified atom stereocenters. The molecule has 0 saturated heterocycles. The van der Waals surface area contributed by atoms with E-state index in [1.165, 1.54) is 7.11 Å². The molecule has 78 valence electrons. The summed E-state index contributed by atoms with van der Waals surface area (Å²) in [6.07, 6.45) is 3.25. The van der Waals surface area contributed by atoms with E-state index in [1.807, 2.05) is 17.7 Å². The first-order valence-electron chi connectivity index (χ1n) is 4.76. The van der Waals surface area contributed by atoms with Gasteiger partial charge in [0.25, 0.3) is 0 Å². The molecule has 0 N–H and O–H groups in total. The van der Waals surface area contributed by atoms with Crippen LogP contribution in [0.2, 0.25) is 0 Å². The van der Waals surface area contributed by atoms with Crippen molar-refractivity contribution in [3.63, 3.8) is 0 Å². The minimum absolute atomic E-state index is 0.182. The average Bonchev–Trinajstić information content (AvgIpc) is 2.55. The molecule has 0 aliphatic rings. The van der Waals surface area contributed by atoms with Gasteiger partial charge in [0.15, 0.2) is 0 Å². The second-order valence-electron chi connectivity index (χ2n) is 3.17. The molecule has 1 aromatic rings. The van der Waals surface area contributed by atoms with E-state index >= 15 is 0 Å². The Morgan fingerprint density at radius 1 is 1.64 bits per heavy atom. The second kappa shape index (κ2) is 4.79. The van der Waals surface area contributed by atoms with Crippen LogP contribution in [0.4, 0.5) is 0 Å². The first-order chi connectivity index (χ1) is 6.67. The molecule has 0 atom stereocenters. The Kier molecular flexibility index (Phi) is 3.68. The van der Waals surface area contributed by atoms with Crippen molar-refractivity contribution in [2.45, 2.75) is 33.2 Å². The van der Waals surface area contributed by atoms with Gasteiger partial charge < -0.3 is 9.30 Å². The van der Waals surface area contributed by atoms with Gasteiger partial charge in [-0.05, 0) is 6.92 Å². The minimum atomic E-state index is -0.182. The van der Waals surface area contributed by atoms with Gasteiger partial charge in [0.05, 0.1) is 19.2 Å². The van der Waals surface area contributed by atoms with Gasteiger partial charge in [-0.25, -0.2) is 4.98 Å². The number of aromatic nitrogens is 2. The van der Waals surface area contributed by atoms with E-state index in [9.17, 15) is 4.79 Å². The van der Waals surface area contributed by atoms with Crippen LogP contribution in [-0.2, 0) is 22.5 Å². The van der Waals surface area contributed by atoms with Gasteiger partial charge in [-0.15, -0.1) is 0 Å². The highest BCUT2D eigenvalue weighted by molar-refractivity contribution is 5.68. The van der Waals surface area contributed by atoms with E-state index in [2.05, 4.69) is 16.6 Å². The van der Waals surface area contributed by atoms with Gasteiger partial charge in [0.2, 0.25) is 0 Å². The molecule has 0 radical (unpaired) electrons. The topological polar surface area (TPSA) is 44.1 Å². The molecule has 1 heterocycles. The van der Waals surface area contributed by atoms with Gasteiger partial charge in [0.1, 0.15) is 5.82 Å². The van der Waals surface area contributed by atoms with Crippen LogP contribution in [0.1, 0.15) is 24.9 Å². The lowest BCUT2D eigenvalue weighted by molar-refractivity contribution is -0.140. The van der Waals surface area contributed by atoms with Gasteiger partial charge in [-0.3, -0.25) is 4.79 Å². The fourth-order valence-electron chi connectivity index (χ4n) is 1.39. The molecule has 1 aromatic heterocycles. The smallest absolute Gasteiger partial charge is 0.307 e.